The quantitative estimate of drug-likeness (QED) is 0.636. The molecule has 0 aliphatic heterocycles. The summed E-state index contributed by atoms with van der Waals surface area (Å²) in [6.07, 6.45) is 1.55. The van der Waals surface area contributed by atoms with Crippen LogP contribution in [-0.2, 0) is 6.54 Å². The Morgan fingerprint density at radius 3 is 3.08 bits per heavy atom. The Labute approximate surface area is 69.1 Å². The van der Waals surface area contributed by atoms with E-state index in [2.05, 4.69) is 11.7 Å². The molecule has 1 rings (SSSR count). The first-order valence-corrected chi connectivity index (χ1v) is 3.32. The molecule has 5 heteroatoms. The second kappa shape index (κ2) is 3.08. The summed E-state index contributed by atoms with van der Waals surface area (Å²) in [7, 11) is 0. The zero-order valence-electron chi connectivity index (χ0n) is 6.40. The number of nitrogen functional groups attached to an aromatic ring is 1. The molecule has 0 bridgehead atoms. The van der Waals surface area contributed by atoms with E-state index in [1.807, 2.05) is 0 Å². The minimum absolute atomic E-state index is 0.0763. The number of nitrogens with two attached hydrogens (primary N) is 1. The fraction of sp³-hybridized carbons (Fsp3) is 0.143. The smallest absolute Gasteiger partial charge is 0.354 e. The number of carboxylic acid groups (broad SMARTS) is 1. The van der Waals surface area contributed by atoms with Crippen LogP contribution in [0.1, 0.15) is 10.5 Å². The highest BCUT2D eigenvalue weighted by molar-refractivity contribution is 5.86. The molecule has 0 atom stereocenters. The van der Waals surface area contributed by atoms with Gasteiger partial charge >= 0.3 is 5.97 Å². The Balaban J connectivity index is 3.07. The van der Waals surface area contributed by atoms with E-state index >= 15 is 0 Å². The normalized spacial score (nSPS) is 9.67. The van der Waals surface area contributed by atoms with Gasteiger partial charge in [0.25, 0.3) is 0 Å². The molecule has 1 heterocycles. The minimum Gasteiger partial charge on any atom is -0.477 e. The number of allylic oxidation sites excluding steroid dienone is 1. The summed E-state index contributed by atoms with van der Waals surface area (Å²) < 4.78 is 1.28. The van der Waals surface area contributed by atoms with Crippen molar-refractivity contribution in [3.05, 3.63) is 24.4 Å². The van der Waals surface area contributed by atoms with Crippen LogP contribution in [0.2, 0.25) is 0 Å². The van der Waals surface area contributed by atoms with Gasteiger partial charge in [0.1, 0.15) is 11.5 Å². The maximum absolute atomic E-state index is 10.6. The maximum Gasteiger partial charge on any atom is 0.354 e. The van der Waals surface area contributed by atoms with Crippen molar-refractivity contribution in [2.24, 2.45) is 0 Å². The van der Waals surface area contributed by atoms with Gasteiger partial charge in [0, 0.05) is 6.07 Å². The second-order valence-electron chi connectivity index (χ2n) is 2.23. The summed E-state index contributed by atoms with van der Waals surface area (Å²) in [5.41, 5.74) is 5.39. The van der Waals surface area contributed by atoms with Crippen molar-refractivity contribution in [2.45, 2.75) is 6.54 Å². The van der Waals surface area contributed by atoms with Gasteiger partial charge in [-0.3, -0.25) is 4.68 Å². The first kappa shape index (κ1) is 8.32. The Bertz CT molecular complexity index is 316. The van der Waals surface area contributed by atoms with E-state index in [9.17, 15) is 4.79 Å². The maximum atomic E-state index is 10.6. The second-order valence-corrected chi connectivity index (χ2v) is 2.23. The Morgan fingerprint density at radius 2 is 2.58 bits per heavy atom. The largest absolute Gasteiger partial charge is 0.477 e. The van der Waals surface area contributed by atoms with Crippen LogP contribution in [0.15, 0.2) is 18.7 Å². The Morgan fingerprint density at radius 1 is 1.92 bits per heavy atom. The molecule has 0 aliphatic carbocycles. The van der Waals surface area contributed by atoms with Gasteiger partial charge in [-0.2, -0.15) is 5.10 Å². The minimum atomic E-state index is -1.04. The molecule has 1 aromatic rings. The molecule has 0 saturated carbocycles. The molecule has 0 aliphatic rings. The number of anilines is 1. The van der Waals surface area contributed by atoms with Gasteiger partial charge in [-0.05, 0) is 0 Å². The van der Waals surface area contributed by atoms with Crippen LogP contribution in [0.4, 0.5) is 5.82 Å². The first-order chi connectivity index (χ1) is 5.65. The third-order valence-electron chi connectivity index (χ3n) is 1.32. The van der Waals surface area contributed by atoms with E-state index in [1.54, 1.807) is 6.08 Å². The van der Waals surface area contributed by atoms with Gasteiger partial charge in [-0.1, -0.05) is 6.08 Å². The third-order valence-corrected chi connectivity index (χ3v) is 1.32. The number of aromatic carboxylic acids is 1. The number of aromatic nitrogens is 2. The van der Waals surface area contributed by atoms with Crippen LogP contribution in [0.25, 0.3) is 0 Å². The van der Waals surface area contributed by atoms with Crippen LogP contribution in [0.5, 0.6) is 0 Å². The number of nitrogens with zero attached hydrogens (tertiary/aromatic N) is 2. The molecule has 0 amide bonds. The van der Waals surface area contributed by atoms with Crippen LogP contribution < -0.4 is 5.73 Å². The van der Waals surface area contributed by atoms with E-state index < -0.39 is 5.97 Å². The zero-order chi connectivity index (χ0) is 9.14. The lowest BCUT2D eigenvalue weighted by Crippen LogP contribution is -2.08. The zero-order valence-corrected chi connectivity index (χ0v) is 6.40. The van der Waals surface area contributed by atoms with E-state index in [-0.39, 0.29) is 11.5 Å². The SMILES string of the molecule is C=CCn1nc(N)cc1C(=O)O. The summed E-state index contributed by atoms with van der Waals surface area (Å²) in [5.74, 6) is -0.838. The lowest BCUT2D eigenvalue weighted by atomic mass is 10.4. The third kappa shape index (κ3) is 1.45. The van der Waals surface area contributed by atoms with Crippen molar-refractivity contribution < 1.29 is 9.90 Å². The van der Waals surface area contributed by atoms with Gasteiger partial charge in [0.15, 0.2) is 0 Å². The van der Waals surface area contributed by atoms with Gasteiger partial charge in [0.05, 0.1) is 6.54 Å². The number of hydrogen-bond acceptors (Lipinski definition) is 3. The molecule has 3 N–H and O–H groups in total. The molecule has 0 aromatic carbocycles. The first-order valence-electron chi connectivity index (χ1n) is 3.32. The number of rotatable bonds is 3. The van der Waals surface area contributed by atoms with Crippen molar-refractivity contribution in [1.29, 1.82) is 0 Å². The van der Waals surface area contributed by atoms with Crippen LogP contribution in [0, 0.1) is 0 Å². The number of carboxylic acids is 1. The van der Waals surface area contributed by atoms with E-state index in [0.717, 1.165) is 0 Å². The average molecular weight is 167 g/mol. The van der Waals surface area contributed by atoms with Crippen molar-refractivity contribution in [3.8, 4) is 0 Å². The lowest BCUT2D eigenvalue weighted by Gasteiger charge is -1.97. The Kier molecular flexibility index (Phi) is 2.14. The van der Waals surface area contributed by atoms with Crippen molar-refractivity contribution >= 4 is 11.8 Å². The molecule has 0 saturated heterocycles. The van der Waals surface area contributed by atoms with Crippen molar-refractivity contribution in [2.75, 3.05) is 5.73 Å². The van der Waals surface area contributed by atoms with Crippen LogP contribution in [0.3, 0.4) is 0 Å². The molecular weight excluding hydrogens is 158 g/mol. The van der Waals surface area contributed by atoms with Gasteiger partial charge in [-0.25, -0.2) is 4.79 Å². The monoisotopic (exact) mass is 167 g/mol. The highest BCUT2D eigenvalue weighted by atomic mass is 16.4. The molecular formula is C7H9N3O2. The molecule has 12 heavy (non-hydrogen) atoms. The summed E-state index contributed by atoms with van der Waals surface area (Å²) >= 11 is 0. The predicted octanol–water partition coefficient (Wildman–Crippen LogP) is 0.349. The predicted molar refractivity (Wildman–Crippen MR) is 43.8 cm³/mol. The fourth-order valence-electron chi connectivity index (χ4n) is 0.870. The van der Waals surface area contributed by atoms with Crippen LogP contribution >= 0.6 is 0 Å². The topological polar surface area (TPSA) is 81.1 Å². The van der Waals surface area contributed by atoms with Crippen molar-refractivity contribution in [1.82, 2.24) is 9.78 Å². The fourth-order valence-corrected chi connectivity index (χ4v) is 0.870. The van der Waals surface area contributed by atoms with E-state index in [0.29, 0.717) is 6.54 Å². The molecule has 0 unspecified atom stereocenters. The van der Waals surface area contributed by atoms with Gasteiger partial charge in [-0.15, -0.1) is 6.58 Å². The van der Waals surface area contributed by atoms with E-state index in [1.165, 1.54) is 10.7 Å². The number of carbonyl (C=O) groups is 1. The number of hydrogen-bond donors (Lipinski definition) is 2. The highest BCUT2D eigenvalue weighted by Crippen LogP contribution is 2.05. The summed E-state index contributed by atoms with van der Waals surface area (Å²) in [5, 5.41) is 12.4. The van der Waals surface area contributed by atoms with E-state index in [4.69, 9.17) is 10.8 Å². The lowest BCUT2D eigenvalue weighted by molar-refractivity contribution is 0.0684. The molecule has 5 nitrogen and oxygen atoms in total. The molecule has 1 aromatic heterocycles. The van der Waals surface area contributed by atoms with Gasteiger partial charge < -0.3 is 10.8 Å². The summed E-state index contributed by atoms with van der Waals surface area (Å²) in [6.45, 7) is 3.82. The average Bonchev–Trinajstić information content (AvgIpc) is 2.32. The van der Waals surface area contributed by atoms with Crippen LogP contribution in [-0.4, -0.2) is 20.9 Å². The molecule has 0 fully saturated rings. The standard InChI is InChI=1S/C7H9N3O2/c1-2-3-10-5(7(11)12)4-6(8)9-10/h2,4H,1,3H2,(H2,8,9)(H,11,12). The summed E-state index contributed by atoms with van der Waals surface area (Å²) in [4.78, 5) is 10.6. The van der Waals surface area contributed by atoms with Crippen molar-refractivity contribution in [3.63, 3.8) is 0 Å². The van der Waals surface area contributed by atoms with Gasteiger partial charge in [0.2, 0.25) is 0 Å². The highest BCUT2D eigenvalue weighted by Gasteiger charge is 2.10. The molecule has 0 radical (unpaired) electrons. The molecule has 64 valence electrons. The Hall–Kier alpha value is -1.78. The molecule has 0 spiro atoms. The summed E-state index contributed by atoms with van der Waals surface area (Å²) in [6, 6.07) is 1.31.